The Kier molecular flexibility index (Phi) is 12.7. The van der Waals surface area contributed by atoms with Crippen LogP contribution >= 0.6 is 34.8 Å². The Bertz CT molecular complexity index is 3780. The Morgan fingerprint density at radius 3 is 1.74 bits per heavy atom. The summed E-state index contributed by atoms with van der Waals surface area (Å²) in [6.07, 6.45) is 15.8. The number of aromatic amines is 2. The molecule has 0 aliphatic carbocycles. The molecule has 8 aromatic heterocycles. The topological polar surface area (TPSA) is 228 Å². The van der Waals surface area contributed by atoms with E-state index in [4.69, 9.17) is 34.8 Å². The molecule has 0 bridgehead atoms. The minimum Gasteiger partial charge on any atom is -0.347 e. The maximum absolute atomic E-state index is 13.8. The van der Waals surface area contributed by atoms with Gasteiger partial charge in [0.1, 0.15) is 34.4 Å². The number of aromatic nitrogens is 12. The number of pyridine rings is 4. The number of rotatable bonds is 5. The Morgan fingerprint density at radius 2 is 1.16 bits per heavy atom. The predicted molar refractivity (Wildman–Crippen MR) is 265 cm³/mol. The molecule has 0 spiro atoms. The van der Waals surface area contributed by atoms with E-state index < -0.39 is 0 Å². The molecule has 2 aliphatic rings. The highest BCUT2D eigenvalue weighted by Crippen LogP contribution is 2.38. The van der Waals surface area contributed by atoms with Crippen LogP contribution < -0.4 is 32.5 Å². The summed E-state index contributed by atoms with van der Waals surface area (Å²) in [7, 11) is 0. The van der Waals surface area contributed by atoms with Crippen molar-refractivity contribution in [3.05, 3.63) is 191 Å². The number of halogens is 3. The van der Waals surface area contributed by atoms with Crippen molar-refractivity contribution in [3.63, 3.8) is 0 Å². The average Bonchev–Trinajstić information content (AvgIpc) is 4.09. The number of fused-ring (bicyclic) bond motifs is 4. The lowest BCUT2D eigenvalue weighted by Crippen LogP contribution is -2.31. The van der Waals surface area contributed by atoms with Crippen molar-refractivity contribution in [2.24, 2.45) is 0 Å². The molecule has 2 aliphatic heterocycles. The van der Waals surface area contributed by atoms with Gasteiger partial charge in [0.05, 0.1) is 63.3 Å². The molecule has 2 aromatic carbocycles. The lowest BCUT2D eigenvalue weighted by molar-refractivity contribution is 0.607. The van der Waals surface area contributed by atoms with E-state index in [2.05, 4.69) is 66.1 Å². The number of nitrogens with zero attached hydrogens (tertiary/aromatic N) is 11. The molecule has 69 heavy (non-hydrogen) atoms. The van der Waals surface area contributed by atoms with E-state index in [1.165, 1.54) is 25.3 Å². The zero-order valence-electron chi connectivity index (χ0n) is 36.1. The van der Waals surface area contributed by atoms with Gasteiger partial charge in [-0.1, -0.05) is 59.1 Å². The van der Waals surface area contributed by atoms with Gasteiger partial charge in [-0.3, -0.25) is 38.3 Å². The maximum atomic E-state index is 13.8. The van der Waals surface area contributed by atoms with Crippen molar-refractivity contribution < 1.29 is 0 Å². The van der Waals surface area contributed by atoms with Gasteiger partial charge in [0.25, 0.3) is 22.2 Å². The molecule has 18 nitrogen and oxygen atoms in total. The minimum absolute atomic E-state index is 0.0928. The van der Waals surface area contributed by atoms with Crippen molar-refractivity contribution in [1.82, 2.24) is 64.3 Å². The molecular formula is C48H37Cl3N14O4. The molecule has 2 atom stereocenters. The SMILES string of the molecule is O=c1[nH]cnc2ncnc(Cl)c12.O=c1[nH]cnc2ncnc(N3CCC[C@H]3c3cc4cccc(Cl)c4c(=O)n3-c3cccnc3)c12.O=c1c2c(Cl)cccc2cc([C@@H]2CCCN2)n1-c1cccnc1. The first-order chi connectivity index (χ1) is 33.7. The van der Waals surface area contributed by atoms with Crippen LogP contribution in [0.5, 0.6) is 0 Å². The predicted octanol–water partition coefficient (Wildman–Crippen LogP) is 7.24. The molecule has 0 radical (unpaired) electrons. The number of benzene rings is 2. The van der Waals surface area contributed by atoms with Gasteiger partial charge < -0.3 is 20.2 Å². The summed E-state index contributed by atoms with van der Waals surface area (Å²) in [5.41, 5.74) is 2.84. The summed E-state index contributed by atoms with van der Waals surface area (Å²) in [4.78, 5) is 90.2. The maximum Gasteiger partial charge on any atom is 0.264 e. The second kappa shape index (κ2) is 19.4. The number of hydrogen-bond donors (Lipinski definition) is 3. The minimum atomic E-state index is -0.328. The third-order valence-corrected chi connectivity index (χ3v) is 12.9. The summed E-state index contributed by atoms with van der Waals surface area (Å²) in [5, 5.41) is 7.68. The van der Waals surface area contributed by atoms with E-state index in [-0.39, 0.29) is 44.9 Å². The van der Waals surface area contributed by atoms with E-state index in [0.717, 1.165) is 60.1 Å². The lowest BCUT2D eigenvalue weighted by Gasteiger charge is -2.29. The van der Waals surface area contributed by atoms with Gasteiger partial charge in [-0.05, 0) is 91.5 Å². The number of nitrogens with one attached hydrogen (secondary N) is 3. The lowest BCUT2D eigenvalue weighted by atomic mass is 10.0. The average molecular weight is 980 g/mol. The number of anilines is 1. The van der Waals surface area contributed by atoms with Crippen LogP contribution in [-0.2, 0) is 0 Å². The summed E-state index contributed by atoms with van der Waals surface area (Å²) in [5.74, 6) is 0.498. The van der Waals surface area contributed by atoms with Crippen molar-refractivity contribution in [2.75, 3.05) is 18.0 Å². The second-order valence-electron chi connectivity index (χ2n) is 16.0. The molecular weight excluding hydrogens is 943 g/mol. The quantitative estimate of drug-likeness (QED) is 0.145. The first kappa shape index (κ1) is 45.0. The van der Waals surface area contributed by atoms with E-state index in [9.17, 15) is 19.2 Å². The second-order valence-corrected chi connectivity index (χ2v) is 17.1. The molecule has 0 saturated carbocycles. The third kappa shape index (κ3) is 8.70. The summed E-state index contributed by atoms with van der Waals surface area (Å²) in [6.45, 7) is 1.64. The van der Waals surface area contributed by atoms with E-state index in [1.807, 2.05) is 48.5 Å². The molecule has 3 N–H and O–H groups in total. The van der Waals surface area contributed by atoms with Gasteiger partial charge in [0.15, 0.2) is 11.3 Å². The molecule has 10 aromatic rings. The van der Waals surface area contributed by atoms with Gasteiger partial charge in [-0.15, -0.1) is 0 Å². The van der Waals surface area contributed by atoms with Crippen LogP contribution in [0, 0.1) is 0 Å². The molecule has 0 unspecified atom stereocenters. The van der Waals surface area contributed by atoms with Crippen LogP contribution in [0.15, 0.2) is 142 Å². The zero-order chi connectivity index (χ0) is 47.6. The van der Waals surface area contributed by atoms with Gasteiger partial charge in [-0.25, -0.2) is 29.9 Å². The molecule has 12 rings (SSSR count). The Labute approximate surface area is 404 Å². The molecule has 21 heteroatoms. The summed E-state index contributed by atoms with van der Waals surface area (Å²) < 4.78 is 3.40. The standard InChI is InChI=1S/C24H18ClN7O2.C18H16ClN3O.C6H3ClN4O/c25-16-6-1-4-14-10-18(32(24(34)19(14)16)15-5-2-8-26-11-15)17-7-3-9-31(17)22-20-21(27-12-29-22)28-13-30-23(20)33;19-14-6-1-4-12-10-16(15-7-3-9-21-15)22(18(23)17(12)14)13-5-2-8-20-11-13;7-4-3-5(9-1-8-4)10-2-11-6(3)12/h1-2,4-6,8,10-13,17H,3,7,9H2,(H,27,28,29,30,33);1-2,4-6,8,10-11,15,21H,3,7,9H2;1-2H,(H,8,9,10,11,12)/t17-;15-;/m00./s1. The normalized spacial score (nSPS) is 15.6. The van der Waals surface area contributed by atoms with Crippen molar-refractivity contribution in [3.8, 4) is 11.4 Å². The summed E-state index contributed by atoms with van der Waals surface area (Å²) in [6, 6.07) is 22.4. The van der Waals surface area contributed by atoms with Gasteiger partial charge in [0, 0.05) is 36.4 Å². The van der Waals surface area contributed by atoms with Crippen molar-refractivity contribution in [2.45, 2.75) is 37.8 Å². The number of H-pyrrole nitrogens is 2. The Balaban J connectivity index is 0.000000135. The Hall–Kier alpha value is -7.77. The van der Waals surface area contributed by atoms with Crippen molar-refractivity contribution >= 4 is 84.2 Å². The number of hydrogen-bond acceptors (Lipinski definition) is 14. The smallest absolute Gasteiger partial charge is 0.264 e. The van der Waals surface area contributed by atoms with E-state index in [1.54, 1.807) is 52.1 Å². The highest BCUT2D eigenvalue weighted by atomic mass is 35.5. The molecule has 2 saturated heterocycles. The summed E-state index contributed by atoms with van der Waals surface area (Å²) >= 11 is 18.4. The highest BCUT2D eigenvalue weighted by molar-refractivity contribution is 6.36. The fraction of sp³-hybridized carbons (Fsp3) is 0.167. The van der Waals surface area contributed by atoms with Crippen LogP contribution in [-0.4, -0.2) is 72.1 Å². The first-order valence-electron chi connectivity index (χ1n) is 21.7. The van der Waals surface area contributed by atoms with Crippen LogP contribution in [0.2, 0.25) is 15.2 Å². The van der Waals surface area contributed by atoms with Gasteiger partial charge in [0.2, 0.25) is 0 Å². The zero-order valence-corrected chi connectivity index (χ0v) is 38.4. The fourth-order valence-electron chi connectivity index (χ4n) is 8.93. The monoisotopic (exact) mass is 978 g/mol. The van der Waals surface area contributed by atoms with Crippen LogP contribution in [0.4, 0.5) is 5.82 Å². The molecule has 10 heterocycles. The first-order valence-corrected chi connectivity index (χ1v) is 22.8. The van der Waals surface area contributed by atoms with Crippen LogP contribution in [0.3, 0.4) is 0 Å². The molecule has 344 valence electrons. The van der Waals surface area contributed by atoms with Crippen LogP contribution in [0.1, 0.15) is 49.2 Å². The highest BCUT2D eigenvalue weighted by Gasteiger charge is 2.33. The van der Waals surface area contributed by atoms with Gasteiger partial charge in [-0.2, -0.15) is 0 Å². The Morgan fingerprint density at radius 1 is 0.580 bits per heavy atom. The van der Waals surface area contributed by atoms with Gasteiger partial charge >= 0.3 is 0 Å². The largest absolute Gasteiger partial charge is 0.347 e. The van der Waals surface area contributed by atoms with Crippen LogP contribution in [0.25, 0.3) is 55.0 Å². The molecule has 2 fully saturated rings. The van der Waals surface area contributed by atoms with E-state index in [0.29, 0.717) is 55.5 Å². The van der Waals surface area contributed by atoms with Crippen molar-refractivity contribution in [1.29, 1.82) is 0 Å². The van der Waals surface area contributed by atoms with E-state index >= 15 is 0 Å². The fourth-order valence-corrected chi connectivity index (χ4v) is 9.67. The third-order valence-electron chi connectivity index (χ3n) is 11.9. The molecule has 0 amide bonds.